The number of nitro groups is 1. The van der Waals surface area contributed by atoms with Crippen LogP contribution in [0.5, 0.6) is 0 Å². The van der Waals surface area contributed by atoms with Gasteiger partial charge in [-0.25, -0.2) is 8.42 Å². The standard InChI is InChI=1S/C9H13N3O4S/c1-17(15,16)6-2-5-10-8-3-4-9(11-7-8)12(13)14/h3-4,7,10H,2,5-6H2,1H3. The number of hydrogen-bond acceptors (Lipinski definition) is 6. The average Bonchev–Trinajstić information content (AvgIpc) is 2.24. The fourth-order valence-corrected chi connectivity index (χ4v) is 1.83. The predicted molar refractivity (Wildman–Crippen MR) is 63.7 cm³/mol. The Labute approximate surface area is 98.9 Å². The van der Waals surface area contributed by atoms with Gasteiger partial charge in [0.2, 0.25) is 0 Å². The fraction of sp³-hybridized carbons (Fsp3) is 0.444. The van der Waals surface area contributed by atoms with E-state index < -0.39 is 14.8 Å². The van der Waals surface area contributed by atoms with Crippen molar-refractivity contribution in [1.29, 1.82) is 0 Å². The highest BCUT2D eigenvalue weighted by Crippen LogP contribution is 2.11. The molecule has 1 rings (SSSR count). The summed E-state index contributed by atoms with van der Waals surface area (Å²) in [6, 6.07) is 2.82. The minimum absolute atomic E-state index is 0.112. The number of nitrogens with zero attached hydrogens (tertiary/aromatic N) is 2. The molecule has 17 heavy (non-hydrogen) atoms. The van der Waals surface area contributed by atoms with Crippen LogP contribution in [0.15, 0.2) is 18.3 Å². The Kier molecular flexibility index (Phi) is 4.38. The lowest BCUT2D eigenvalue weighted by Gasteiger charge is -2.03. The number of rotatable bonds is 6. The normalized spacial score (nSPS) is 11.1. The van der Waals surface area contributed by atoms with Crippen molar-refractivity contribution in [2.75, 3.05) is 23.9 Å². The van der Waals surface area contributed by atoms with Crippen LogP contribution in [0.1, 0.15) is 6.42 Å². The van der Waals surface area contributed by atoms with Crippen molar-refractivity contribution in [2.24, 2.45) is 0 Å². The Morgan fingerprint density at radius 2 is 2.18 bits per heavy atom. The van der Waals surface area contributed by atoms with Gasteiger partial charge in [-0.15, -0.1) is 0 Å². The zero-order chi connectivity index (χ0) is 12.9. The van der Waals surface area contributed by atoms with Crippen LogP contribution in [0.2, 0.25) is 0 Å². The number of hydrogen-bond donors (Lipinski definition) is 1. The summed E-state index contributed by atoms with van der Waals surface area (Å²) < 4.78 is 21.7. The maximum Gasteiger partial charge on any atom is 0.363 e. The number of aromatic nitrogens is 1. The van der Waals surface area contributed by atoms with E-state index >= 15 is 0 Å². The molecule has 0 aliphatic rings. The van der Waals surface area contributed by atoms with Crippen molar-refractivity contribution >= 4 is 21.3 Å². The first-order valence-corrected chi connectivity index (χ1v) is 6.96. The summed E-state index contributed by atoms with van der Waals surface area (Å²) in [5, 5.41) is 13.3. The molecular formula is C9H13N3O4S. The second-order valence-corrected chi connectivity index (χ2v) is 5.83. The monoisotopic (exact) mass is 259 g/mol. The molecule has 7 nitrogen and oxygen atoms in total. The molecular weight excluding hydrogens is 246 g/mol. The maximum atomic E-state index is 10.8. The lowest BCUT2D eigenvalue weighted by molar-refractivity contribution is -0.389. The molecule has 0 bridgehead atoms. The summed E-state index contributed by atoms with van der Waals surface area (Å²) in [5.74, 6) is -0.105. The molecule has 1 aromatic heterocycles. The lowest BCUT2D eigenvalue weighted by atomic mass is 10.4. The van der Waals surface area contributed by atoms with E-state index in [1.54, 1.807) is 0 Å². The Morgan fingerprint density at radius 3 is 2.65 bits per heavy atom. The van der Waals surface area contributed by atoms with E-state index in [0.29, 0.717) is 18.7 Å². The van der Waals surface area contributed by atoms with E-state index in [-0.39, 0.29) is 11.6 Å². The van der Waals surface area contributed by atoms with Crippen molar-refractivity contribution in [1.82, 2.24) is 4.98 Å². The molecule has 0 atom stereocenters. The molecule has 1 aromatic rings. The minimum Gasteiger partial charge on any atom is -0.382 e. The Morgan fingerprint density at radius 1 is 1.47 bits per heavy atom. The van der Waals surface area contributed by atoms with Gasteiger partial charge < -0.3 is 15.4 Å². The lowest BCUT2D eigenvalue weighted by Crippen LogP contribution is -2.09. The van der Waals surface area contributed by atoms with Crippen LogP contribution in [0, 0.1) is 10.1 Å². The second-order valence-electron chi connectivity index (χ2n) is 3.57. The van der Waals surface area contributed by atoms with E-state index in [1.807, 2.05) is 0 Å². The van der Waals surface area contributed by atoms with Crippen molar-refractivity contribution in [3.05, 3.63) is 28.4 Å². The number of pyridine rings is 1. The summed E-state index contributed by atoms with van der Waals surface area (Å²) >= 11 is 0. The van der Waals surface area contributed by atoms with E-state index in [2.05, 4.69) is 10.3 Å². The number of anilines is 1. The zero-order valence-electron chi connectivity index (χ0n) is 9.29. The Balaban J connectivity index is 2.40. The third-order valence-electron chi connectivity index (χ3n) is 1.96. The van der Waals surface area contributed by atoms with Crippen LogP contribution in [-0.4, -0.2) is 36.9 Å². The highest BCUT2D eigenvalue weighted by molar-refractivity contribution is 7.90. The molecule has 0 radical (unpaired) electrons. The van der Waals surface area contributed by atoms with Crippen LogP contribution < -0.4 is 5.32 Å². The first-order chi connectivity index (χ1) is 7.88. The minimum atomic E-state index is -2.94. The van der Waals surface area contributed by atoms with Gasteiger partial charge in [0.15, 0.2) is 6.20 Å². The maximum absolute atomic E-state index is 10.8. The molecule has 0 aromatic carbocycles. The van der Waals surface area contributed by atoms with E-state index in [0.717, 1.165) is 0 Å². The first kappa shape index (κ1) is 13.4. The molecule has 0 saturated carbocycles. The molecule has 94 valence electrons. The third kappa shape index (κ3) is 5.25. The van der Waals surface area contributed by atoms with Gasteiger partial charge in [0.1, 0.15) is 9.84 Å². The molecule has 0 spiro atoms. The van der Waals surface area contributed by atoms with E-state index in [4.69, 9.17) is 0 Å². The third-order valence-corrected chi connectivity index (χ3v) is 2.99. The molecule has 1 N–H and O–H groups in total. The van der Waals surface area contributed by atoms with Crippen molar-refractivity contribution in [3.8, 4) is 0 Å². The van der Waals surface area contributed by atoms with Gasteiger partial charge >= 0.3 is 5.82 Å². The molecule has 0 saturated heterocycles. The highest BCUT2D eigenvalue weighted by atomic mass is 32.2. The molecule has 0 aliphatic heterocycles. The Bertz CT molecular complexity index is 483. The first-order valence-electron chi connectivity index (χ1n) is 4.90. The molecule has 0 unspecified atom stereocenters. The van der Waals surface area contributed by atoms with Gasteiger partial charge in [-0.2, -0.15) is 0 Å². The highest BCUT2D eigenvalue weighted by Gasteiger charge is 2.06. The van der Waals surface area contributed by atoms with Gasteiger partial charge in [-0.05, 0) is 22.4 Å². The topological polar surface area (TPSA) is 102 Å². The average molecular weight is 259 g/mol. The van der Waals surface area contributed by atoms with E-state index in [1.165, 1.54) is 24.6 Å². The summed E-state index contributed by atoms with van der Waals surface area (Å²) in [4.78, 5) is 13.4. The number of sulfone groups is 1. The SMILES string of the molecule is CS(=O)(=O)CCCNc1ccc([N+](=O)[O-])nc1. The zero-order valence-corrected chi connectivity index (χ0v) is 10.1. The van der Waals surface area contributed by atoms with Crippen molar-refractivity contribution < 1.29 is 13.3 Å². The summed E-state index contributed by atoms with van der Waals surface area (Å²) in [5.41, 5.74) is 0.629. The fourth-order valence-electron chi connectivity index (χ4n) is 1.17. The molecule has 8 heteroatoms. The summed E-state index contributed by atoms with van der Waals surface area (Å²) in [6.07, 6.45) is 3.01. The smallest absolute Gasteiger partial charge is 0.363 e. The van der Waals surface area contributed by atoms with Gasteiger partial charge in [0, 0.05) is 18.9 Å². The van der Waals surface area contributed by atoms with Crippen LogP contribution in [0.3, 0.4) is 0 Å². The van der Waals surface area contributed by atoms with E-state index in [9.17, 15) is 18.5 Å². The van der Waals surface area contributed by atoms with Gasteiger partial charge in [-0.3, -0.25) is 0 Å². The van der Waals surface area contributed by atoms with Crippen LogP contribution in [0.4, 0.5) is 11.5 Å². The largest absolute Gasteiger partial charge is 0.382 e. The molecule has 0 amide bonds. The summed E-state index contributed by atoms with van der Waals surface area (Å²) in [6.45, 7) is 0.479. The quantitative estimate of drug-likeness (QED) is 0.461. The predicted octanol–water partition coefficient (Wildman–Crippen LogP) is 0.836. The van der Waals surface area contributed by atoms with Crippen molar-refractivity contribution in [2.45, 2.75) is 6.42 Å². The molecule has 0 aliphatic carbocycles. The second kappa shape index (κ2) is 5.58. The van der Waals surface area contributed by atoms with Crippen LogP contribution in [0.25, 0.3) is 0 Å². The summed E-state index contributed by atoms with van der Waals surface area (Å²) in [7, 11) is -2.94. The van der Waals surface area contributed by atoms with Crippen molar-refractivity contribution in [3.63, 3.8) is 0 Å². The van der Waals surface area contributed by atoms with Crippen LogP contribution >= 0.6 is 0 Å². The molecule has 1 heterocycles. The Hall–Kier alpha value is -1.70. The van der Waals surface area contributed by atoms with Gasteiger partial charge in [0.25, 0.3) is 0 Å². The van der Waals surface area contributed by atoms with Gasteiger partial charge in [0.05, 0.1) is 11.4 Å². The van der Waals surface area contributed by atoms with Gasteiger partial charge in [-0.1, -0.05) is 0 Å². The number of nitrogens with one attached hydrogen (secondary N) is 1. The van der Waals surface area contributed by atoms with Crippen LogP contribution in [-0.2, 0) is 9.84 Å². The molecule has 0 fully saturated rings.